The molecule has 10 heteroatoms. The lowest BCUT2D eigenvalue weighted by atomic mass is 9.94. The molecule has 146 valence electrons. The van der Waals surface area contributed by atoms with Gasteiger partial charge >= 0.3 is 12.1 Å². The molecule has 1 aliphatic rings. The molecule has 1 N–H and O–H groups in total. The first-order chi connectivity index (χ1) is 13.4. The van der Waals surface area contributed by atoms with Crippen molar-refractivity contribution < 1.29 is 18.0 Å². The summed E-state index contributed by atoms with van der Waals surface area (Å²) in [5.74, 6) is -1.71. The molecule has 3 aromatic rings. The minimum atomic E-state index is -4.97. The van der Waals surface area contributed by atoms with E-state index in [4.69, 9.17) is 0 Å². The predicted octanol–water partition coefficient (Wildman–Crippen LogP) is 2.75. The van der Waals surface area contributed by atoms with Crippen LogP contribution in [0.4, 0.5) is 19.1 Å². The third-order valence-electron chi connectivity index (χ3n) is 4.65. The predicted molar refractivity (Wildman–Crippen MR) is 93.5 cm³/mol. The summed E-state index contributed by atoms with van der Waals surface area (Å²) in [5.41, 5.74) is 2.18. The van der Waals surface area contributed by atoms with Crippen molar-refractivity contribution in [2.75, 3.05) is 5.32 Å². The standard InChI is InChI=1S/C18H17F3N6O/c19-18(20,21)16(28)24-17-23-15-7-6-13(11-27(15)25-17)14-8-22-26(10-14)9-12-4-2-1-3-5-12/h1-5,8,10,13H,6-7,9,11H2,(H,24,25,28). The van der Waals surface area contributed by atoms with E-state index in [1.165, 1.54) is 0 Å². The molecule has 2 aromatic heterocycles. The van der Waals surface area contributed by atoms with Gasteiger partial charge in [-0.3, -0.25) is 14.8 Å². The highest BCUT2D eigenvalue weighted by Gasteiger charge is 2.39. The summed E-state index contributed by atoms with van der Waals surface area (Å²) >= 11 is 0. The summed E-state index contributed by atoms with van der Waals surface area (Å²) in [6.07, 6.45) is 0.154. The number of aryl methyl sites for hydroxylation is 1. The Kier molecular flexibility index (Phi) is 4.62. The van der Waals surface area contributed by atoms with Crippen LogP contribution in [0.2, 0.25) is 0 Å². The zero-order valence-corrected chi connectivity index (χ0v) is 14.7. The molecular weight excluding hydrogens is 373 g/mol. The first kappa shape index (κ1) is 18.2. The number of aromatic nitrogens is 5. The Balaban J connectivity index is 1.44. The largest absolute Gasteiger partial charge is 0.471 e. The number of rotatable bonds is 4. The Morgan fingerprint density at radius 1 is 1.25 bits per heavy atom. The topological polar surface area (TPSA) is 77.6 Å². The quantitative estimate of drug-likeness (QED) is 0.743. The van der Waals surface area contributed by atoms with Crippen LogP contribution in [0.15, 0.2) is 42.7 Å². The van der Waals surface area contributed by atoms with Crippen LogP contribution in [0.3, 0.4) is 0 Å². The van der Waals surface area contributed by atoms with Crippen LogP contribution in [0, 0.1) is 0 Å². The van der Waals surface area contributed by atoms with E-state index >= 15 is 0 Å². The van der Waals surface area contributed by atoms with E-state index in [2.05, 4.69) is 15.2 Å². The Labute approximate surface area is 158 Å². The second-order valence-corrected chi connectivity index (χ2v) is 6.68. The number of hydrogen-bond acceptors (Lipinski definition) is 4. The lowest BCUT2D eigenvalue weighted by Crippen LogP contribution is -2.30. The van der Waals surface area contributed by atoms with E-state index in [-0.39, 0.29) is 11.9 Å². The number of nitrogens with zero attached hydrogens (tertiary/aromatic N) is 5. The van der Waals surface area contributed by atoms with Crippen molar-refractivity contribution in [3.63, 3.8) is 0 Å². The van der Waals surface area contributed by atoms with E-state index in [1.54, 1.807) is 10.00 Å². The number of carbonyl (C=O) groups excluding carboxylic acids is 1. The summed E-state index contributed by atoms with van der Waals surface area (Å²) in [4.78, 5) is 15.0. The molecule has 1 atom stereocenters. The maximum Gasteiger partial charge on any atom is 0.471 e. The number of hydrogen-bond donors (Lipinski definition) is 1. The number of amides is 1. The van der Waals surface area contributed by atoms with E-state index in [0.29, 0.717) is 25.3 Å². The zero-order valence-electron chi connectivity index (χ0n) is 14.7. The second-order valence-electron chi connectivity index (χ2n) is 6.68. The number of anilines is 1. The molecule has 7 nitrogen and oxygen atoms in total. The lowest BCUT2D eigenvalue weighted by Gasteiger charge is -2.21. The van der Waals surface area contributed by atoms with Gasteiger partial charge in [0, 0.05) is 18.5 Å². The summed E-state index contributed by atoms with van der Waals surface area (Å²) < 4.78 is 40.5. The minimum absolute atomic E-state index is 0.130. The summed E-state index contributed by atoms with van der Waals surface area (Å²) in [5, 5.41) is 10.1. The zero-order chi connectivity index (χ0) is 19.7. The van der Waals surface area contributed by atoms with Gasteiger partial charge in [-0.2, -0.15) is 23.3 Å². The summed E-state index contributed by atoms with van der Waals surface area (Å²) in [6.45, 7) is 1.14. The molecule has 1 aliphatic heterocycles. The maximum atomic E-state index is 12.4. The molecule has 28 heavy (non-hydrogen) atoms. The molecule has 1 aromatic carbocycles. The molecule has 0 aliphatic carbocycles. The Bertz CT molecular complexity index is 979. The van der Waals surface area contributed by atoms with Crippen molar-refractivity contribution in [1.82, 2.24) is 24.5 Å². The highest BCUT2D eigenvalue weighted by Crippen LogP contribution is 2.28. The molecule has 1 amide bonds. The van der Waals surface area contributed by atoms with Crippen LogP contribution in [-0.4, -0.2) is 36.6 Å². The SMILES string of the molecule is O=C(Nc1nc2n(n1)CC(c1cnn(Cc3ccccc3)c1)CC2)C(F)(F)F. The molecule has 0 radical (unpaired) electrons. The number of halogens is 3. The highest BCUT2D eigenvalue weighted by molar-refractivity contribution is 5.93. The van der Waals surface area contributed by atoms with Gasteiger partial charge < -0.3 is 0 Å². The third kappa shape index (κ3) is 3.90. The molecule has 0 spiro atoms. The van der Waals surface area contributed by atoms with Crippen LogP contribution in [-0.2, 0) is 24.3 Å². The number of alkyl halides is 3. The van der Waals surface area contributed by atoms with Crippen molar-refractivity contribution in [2.24, 2.45) is 0 Å². The summed E-state index contributed by atoms with van der Waals surface area (Å²) in [7, 11) is 0. The molecule has 0 fully saturated rings. The fraction of sp³-hybridized carbons (Fsp3) is 0.333. The van der Waals surface area contributed by atoms with Crippen LogP contribution in [0.25, 0.3) is 0 Å². The van der Waals surface area contributed by atoms with Gasteiger partial charge in [0.1, 0.15) is 5.82 Å². The van der Waals surface area contributed by atoms with E-state index in [0.717, 1.165) is 17.5 Å². The molecule has 0 saturated carbocycles. The van der Waals surface area contributed by atoms with Crippen molar-refractivity contribution >= 4 is 11.9 Å². The van der Waals surface area contributed by atoms with Crippen molar-refractivity contribution in [2.45, 2.75) is 38.0 Å². The first-order valence-corrected chi connectivity index (χ1v) is 8.76. The molecule has 4 rings (SSSR count). The lowest BCUT2D eigenvalue weighted by molar-refractivity contribution is -0.167. The van der Waals surface area contributed by atoms with Crippen LogP contribution >= 0.6 is 0 Å². The van der Waals surface area contributed by atoms with Gasteiger partial charge in [0.15, 0.2) is 0 Å². The Morgan fingerprint density at radius 2 is 2.04 bits per heavy atom. The molecule has 3 heterocycles. The monoisotopic (exact) mass is 390 g/mol. The summed E-state index contributed by atoms with van der Waals surface area (Å²) in [6, 6.07) is 9.96. The van der Waals surface area contributed by atoms with Crippen LogP contribution in [0.5, 0.6) is 0 Å². The van der Waals surface area contributed by atoms with Crippen molar-refractivity contribution in [3.8, 4) is 0 Å². The van der Waals surface area contributed by atoms with Gasteiger partial charge in [0.25, 0.3) is 0 Å². The van der Waals surface area contributed by atoms with Gasteiger partial charge in [0.05, 0.1) is 19.3 Å². The van der Waals surface area contributed by atoms with E-state index in [1.807, 2.05) is 47.4 Å². The molecule has 0 saturated heterocycles. The maximum absolute atomic E-state index is 12.4. The molecule has 1 unspecified atom stereocenters. The molecular formula is C18H17F3N6O. The number of nitrogens with one attached hydrogen (secondary N) is 1. The first-order valence-electron chi connectivity index (χ1n) is 8.76. The second kappa shape index (κ2) is 7.10. The van der Waals surface area contributed by atoms with Gasteiger partial charge in [-0.1, -0.05) is 30.3 Å². The number of fused-ring (bicyclic) bond motifs is 1. The fourth-order valence-electron chi connectivity index (χ4n) is 3.25. The average molecular weight is 390 g/mol. The van der Waals surface area contributed by atoms with Gasteiger partial charge in [-0.05, 0) is 17.5 Å². The van der Waals surface area contributed by atoms with Crippen LogP contribution < -0.4 is 5.32 Å². The Morgan fingerprint density at radius 3 is 2.79 bits per heavy atom. The fourth-order valence-corrected chi connectivity index (χ4v) is 3.25. The minimum Gasteiger partial charge on any atom is -0.285 e. The highest BCUT2D eigenvalue weighted by atomic mass is 19.4. The van der Waals surface area contributed by atoms with Crippen molar-refractivity contribution in [1.29, 1.82) is 0 Å². The Hall–Kier alpha value is -3.17. The average Bonchev–Trinajstić information content (AvgIpc) is 3.27. The number of benzene rings is 1. The smallest absolute Gasteiger partial charge is 0.285 e. The third-order valence-corrected chi connectivity index (χ3v) is 4.65. The van der Waals surface area contributed by atoms with Gasteiger partial charge in [-0.25, -0.2) is 4.68 Å². The van der Waals surface area contributed by atoms with Gasteiger partial charge in [0.2, 0.25) is 5.95 Å². The molecule has 0 bridgehead atoms. The van der Waals surface area contributed by atoms with Gasteiger partial charge in [-0.15, -0.1) is 5.10 Å². The van der Waals surface area contributed by atoms with Crippen LogP contribution in [0.1, 0.15) is 29.3 Å². The number of carbonyl (C=O) groups is 1. The van der Waals surface area contributed by atoms with Crippen molar-refractivity contribution in [3.05, 3.63) is 59.7 Å². The van der Waals surface area contributed by atoms with E-state index < -0.39 is 12.1 Å². The van der Waals surface area contributed by atoms with E-state index in [9.17, 15) is 18.0 Å². The normalized spacial score (nSPS) is 16.6.